The lowest BCUT2D eigenvalue weighted by atomic mass is 10.1. The SMILES string of the molecule is Cc1cc2c(cc1CNC1CCCC1)OCCO2. The second-order valence-electron chi connectivity index (χ2n) is 5.28. The fourth-order valence-electron chi connectivity index (χ4n) is 2.81. The van der Waals surface area contributed by atoms with Gasteiger partial charge in [0.15, 0.2) is 11.5 Å². The van der Waals surface area contributed by atoms with Gasteiger partial charge in [-0.1, -0.05) is 12.8 Å². The van der Waals surface area contributed by atoms with E-state index in [-0.39, 0.29) is 0 Å². The molecule has 1 aliphatic heterocycles. The molecule has 2 aliphatic rings. The molecule has 3 nitrogen and oxygen atoms in total. The number of rotatable bonds is 3. The molecule has 0 bridgehead atoms. The van der Waals surface area contributed by atoms with Crippen LogP contribution in [0.3, 0.4) is 0 Å². The third-order valence-electron chi connectivity index (χ3n) is 3.94. The summed E-state index contributed by atoms with van der Waals surface area (Å²) >= 11 is 0. The van der Waals surface area contributed by atoms with E-state index in [0.29, 0.717) is 19.3 Å². The molecule has 0 radical (unpaired) electrons. The number of ether oxygens (including phenoxy) is 2. The van der Waals surface area contributed by atoms with Crippen LogP contribution in [-0.2, 0) is 6.54 Å². The maximum absolute atomic E-state index is 5.64. The molecule has 0 amide bonds. The highest BCUT2D eigenvalue weighted by atomic mass is 16.6. The molecule has 0 aromatic heterocycles. The zero-order valence-electron chi connectivity index (χ0n) is 11.0. The van der Waals surface area contributed by atoms with Crippen molar-refractivity contribution < 1.29 is 9.47 Å². The summed E-state index contributed by atoms with van der Waals surface area (Å²) in [5.74, 6) is 1.79. The third kappa shape index (κ3) is 2.46. The second kappa shape index (κ2) is 5.19. The van der Waals surface area contributed by atoms with Gasteiger partial charge in [-0.05, 0) is 43.0 Å². The molecule has 1 aliphatic carbocycles. The molecule has 0 spiro atoms. The number of aryl methyl sites for hydroxylation is 1. The normalized spacial score (nSPS) is 19.2. The largest absolute Gasteiger partial charge is 0.486 e. The Bertz CT molecular complexity index is 425. The van der Waals surface area contributed by atoms with E-state index < -0.39 is 0 Å². The van der Waals surface area contributed by atoms with E-state index in [1.165, 1.54) is 36.8 Å². The molecule has 1 heterocycles. The van der Waals surface area contributed by atoms with Crippen LogP contribution in [0.25, 0.3) is 0 Å². The zero-order valence-corrected chi connectivity index (χ0v) is 11.0. The first-order valence-electron chi connectivity index (χ1n) is 6.95. The summed E-state index contributed by atoms with van der Waals surface area (Å²) in [4.78, 5) is 0. The summed E-state index contributed by atoms with van der Waals surface area (Å²) in [6.07, 6.45) is 5.39. The zero-order chi connectivity index (χ0) is 12.4. The topological polar surface area (TPSA) is 30.5 Å². The average molecular weight is 247 g/mol. The van der Waals surface area contributed by atoms with Crippen molar-refractivity contribution in [1.29, 1.82) is 0 Å². The molecule has 1 aromatic rings. The number of benzene rings is 1. The molecular weight excluding hydrogens is 226 g/mol. The molecular formula is C15H21NO2. The van der Waals surface area contributed by atoms with Gasteiger partial charge in [0.25, 0.3) is 0 Å². The van der Waals surface area contributed by atoms with Gasteiger partial charge in [-0.2, -0.15) is 0 Å². The van der Waals surface area contributed by atoms with Crippen molar-refractivity contribution in [3.63, 3.8) is 0 Å². The predicted molar refractivity (Wildman–Crippen MR) is 71.3 cm³/mol. The fraction of sp³-hybridized carbons (Fsp3) is 0.600. The summed E-state index contributed by atoms with van der Waals surface area (Å²) in [6, 6.07) is 4.93. The van der Waals surface area contributed by atoms with E-state index in [4.69, 9.17) is 9.47 Å². The molecule has 0 saturated heterocycles. The van der Waals surface area contributed by atoms with Gasteiger partial charge < -0.3 is 14.8 Å². The number of hydrogen-bond acceptors (Lipinski definition) is 3. The first-order chi connectivity index (χ1) is 8.83. The fourth-order valence-corrected chi connectivity index (χ4v) is 2.81. The van der Waals surface area contributed by atoms with E-state index in [2.05, 4.69) is 24.4 Å². The van der Waals surface area contributed by atoms with Gasteiger partial charge >= 0.3 is 0 Å². The van der Waals surface area contributed by atoms with Crippen molar-refractivity contribution in [1.82, 2.24) is 5.32 Å². The van der Waals surface area contributed by atoms with E-state index in [1.54, 1.807) is 0 Å². The summed E-state index contributed by atoms with van der Waals surface area (Å²) in [5, 5.41) is 3.65. The first kappa shape index (κ1) is 11.8. The Morgan fingerprint density at radius 3 is 2.50 bits per heavy atom. The van der Waals surface area contributed by atoms with Crippen LogP contribution in [0.2, 0.25) is 0 Å². The highest BCUT2D eigenvalue weighted by molar-refractivity contribution is 5.47. The molecule has 1 aromatic carbocycles. The lowest BCUT2D eigenvalue weighted by molar-refractivity contribution is 0.171. The minimum atomic E-state index is 0.658. The smallest absolute Gasteiger partial charge is 0.161 e. The highest BCUT2D eigenvalue weighted by Gasteiger charge is 2.17. The molecule has 98 valence electrons. The number of fused-ring (bicyclic) bond motifs is 1. The van der Waals surface area contributed by atoms with Crippen LogP contribution < -0.4 is 14.8 Å². The van der Waals surface area contributed by atoms with Crippen LogP contribution in [0, 0.1) is 6.92 Å². The summed E-state index contributed by atoms with van der Waals surface area (Å²) in [5.41, 5.74) is 2.61. The van der Waals surface area contributed by atoms with Crippen molar-refractivity contribution in [2.75, 3.05) is 13.2 Å². The summed E-state index contributed by atoms with van der Waals surface area (Å²) in [7, 11) is 0. The van der Waals surface area contributed by atoms with Gasteiger partial charge in [-0.3, -0.25) is 0 Å². The Labute approximate surface area is 108 Å². The summed E-state index contributed by atoms with van der Waals surface area (Å²) in [6.45, 7) is 4.40. The minimum Gasteiger partial charge on any atom is -0.486 e. The average Bonchev–Trinajstić information content (AvgIpc) is 2.89. The second-order valence-corrected chi connectivity index (χ2v) is 5.28. The van der Waals surface area contributed by atoms with E-state index in [0.717, 1.165) is 18.0 Å². The predicted octanol–water partition coefficient (Wildman–Crippen LogP) is 2.80. The molecule has 1 fully saturated rings. The maximum atomic E-state index is 5.64. The van der Waals surface area contributed by atoms with E-state index in [9.17, 15) is 0 Å². The molecule has 3 heteroatoms. The third-order valence-corrected chi connectivity index (χ3v) is 3.94. The van der Waals surface area contributed by atoms with Gasteiger partial charge in [0.05, 0.1) is 0 Å². The standard InChI is InChI=1S/C15H21NO2/c1-11-8-14-15(18-7-6-17-14)9-12(11)10-16-13-4-2-3-5-13/h8-9,13,16H,2-7,10H2,1H3. The van der Waals surface area contributed by atoms with Crippen molar-refractivity contribution >= 4 is 0 Å². The van der Waals surface area contributed by atoms with Crippen molar-refractivity contribution in [2.45, 2.75) is 45.2 Å². The molecule has 18 heavy (non-hydrogen) atoms. The molecule has 0 unspecified atom stereocenters. The molecule has 1 saturated carbocycles. The van der Waals surface area contributed by atoms with Crippen LogP contribution in [0.5, 0.6) is 11.5 Å². The number of nitrogens with one attached hydrogen (secondary N) is 1. The van der Waals surface area contributed by atoms with E-state index in [1.807, 2.05) is 0 Å². The Balaban J connectivity index is 1.70. The Kier molecular flexibility index (Phi) is 3.41. The molecule has 1 N–H and O–H groups in total. The first-order valence-corrected chi connectivity index (χ1v) is 6.95. The Morgan fingerprint density at radius 1 is 1.11 bits per heavy atom. The Morgan fingerprint density at radius 2 is 1.78 bits per heavy atom. The van der Waals surface area contributed by atoms with Crippen molar-refractivity contribution in [3.8, 4) is 11.5 Å². The van der Waals surface area contributed by atoms with Gasteiger partial charge in [-0.25, -0.2) is 0 Å². The van der Waals surface area contributed by atoms with Crippen LogP contribution >= 0.6 is 0 Å². The lowest BCUT2D eigenvalue weighted by Gasteiger charge is -2.21. The van der Waals surface area contributed by atoms with Gasteiger partial charge in [-0.15, -0.1) is 0 Å². The van der Waals surface area contributed by atoms with Crippen LogP contribution in [0.4, 0.5) is 0 Å². The minimum absolute atomic E-state index is 0.658. The summed E-state index contributed by atoms with van der Waals surface area (Å²) < 4.78 is 11.2. The maximum Gasteiger partial charge on any atom is 0.161 e. The highest BCUT2D eigenvalue weighted by Crippen LogP contribution is 2.33. The van der Waals surface area contributed by atoms with Gasteiger partial charge in [0, 0.05) is 12.6 Å². The molecule has 3 rings (SSSR count). The quantitative estimate of drug-likeness (QED) is 0.891. The Hall–Kier alpha value is -1.22. The van der Waals surface area contributed by atoms with E-state index >= 15 is 0 Å². The van der Waals surface area contributed by atoms with Crippen LogP contribution in [0.1, 0.15) is 36.8 Å². The number of hydrogen-bond donors (Lipinski definition) is 1. The van der Waals surface area contributed by atoms with Crippen molar-refractivity contribution in [2.24, 2.45) is 0 Å². The molecule has 0 atom stereocenters. The van der Waals surface area contributed by atoms with Crippen LogP contribution in [-0.4, -0.2) is 19.3 Å². The lowest BCUT2D eigenvalue weighted by Crippen LogP contribution is -2.25. The van der Waals surface area contributed by atoms with Crippen LogP contribution in [0.15, 0.2) is 12.1 Å². The van der Waals surface area contributed by atoms with Crippen molar-refractivity contribution in [3.05, 3.63) is 23.3 Å². The van der Waals surface area contributed by atoms with Gasteiger partial charge in [0.1, 0.15) is 13.2 Å². The van der Waals surface area contributed by atoms with Gasteiger partial charge in [0.2, 0.25) is 0 Å². The monoisotopic (exact) mass is 247 g/mol.